The molecule has 1 saturated heterocycles. The number of rotatable bonds is 3. The molecular weight excluding hydrogens is 354 g/mol. The molecule has 0 spiro atoms. The van der Waals surface area contributed by atoms with Crippen LogP contribution in [0.25, 0.3) is 11.0 Å². The summed E-state index contributed by atoms with van der Waals surface area (Å²) >= 11 is 0. The van der Waals surface area contributed by atoms with Crippen molar-refractivity contribution in [2.75, 3.05) is 20.2 Å². The first-order valence-corrected chi connectivity index (χ1v) is 9.62. The van der Waals surface area contributed by atoms with Gasteiger partial charge in [0.25, 0.3) is 5.91 Å². The molecule has 1 aliphatic heterocycles. The van der Waals surface area contributed by atoms with Gasteiger partial charge in [0.15, 0.2) is 0 Å². The van der Waals surface area contributed by atoms with Crippen LogP contribution in [-0.2, 0) is 0 Å². The highest BCUT2D eigenvalue weighted by Gasteiger charge is 2.26. The van der Waals surface area contributed by atoms with E-state index in [0.29, 0.717) is 18.7 Å². The zero-order valence-electron chi connectivity index (χ0n) is 15.9. The molecule has 0 saturated carbocycles. The Hall–Kier alpha value is -3.08. The van der Waals surface area contributed by atoms with E-state index >= 15 is 0 Å². The van der Waals surface area contributed by atoms with Crippen molar-refractivity contribution in [1.82, 2.24) is 4.90 Å². The van der Waals surface area contributed by atoms with E-state index in [4.69, 9.17) is 9.15 Å². The SMILES string of the molecule is COc1ccc(C2CCCCN(C(=O)c3cc4ccccc4oc3=O)C2)cc1. The molecule has 1 aromatic heterocycles. The van der Waals surface area contributed by atoms with Gasteiger partial charge in [-0.05, 0) is 42.7 Å². The normalized spacial score (nSPS) is 17.3. The molecule has 0 radical (unpaired) electrons. The average Bonchev–Trinajstić information content (AvgIpc) is 2.99. The lowest BCUT2D eigenvalue weighted by Crippen LogP contribution is -2.36. The number of hydrogen-bond acceptors (Lipinski definition) is 4. The number of fused-ring (bicyclic) bond motifs is 1. The Morgan fingerprint density at radius 2 is 1.89 bits per heavy atom. The van der Waals surface area contributed by atoms with Crippen LogP contribution in [0.3, 0.4) is 0 Å². The number of benzene rings is 2. The molecule has 1 unspecified atom stereocenters. The number of likely N-dealkylation sites (tertiary alicyclic amines) is 1. The molecule has 0 bridgehead atoms. The molecule has 0 aliphatic carbocycles. The van der Waals surface area contributed by atoms with Crippen molar-refractivity contribution in [2.45, 2.75) is 25.2 Å². The molecule has 1 atom stereocenters. The van der Waals surface area contributed by atoms with Crippen molar-refractivity contribution in [1.29, 1.82) is 0 Å². The maximum absolute atomic E-state index is 13.1. The number of para-hydroxylation sites is 1. The lowest BCUT2D eigenvalue weighted by atomic mass is 9.94. The topological polar surface area (TPSA) is 59.8 Å². The number of ether oxygens (including phenoxy) is 1. The third kappa shape index (κ3) is 3.65. The van der Waals surface area contributed by atoms with Gasteiger partial charge >= 0.3 is 5.63 Å². The van der Waals surface area contributed by atoms with E-state index in [1.165, 1.54) is 5.56 Å². The van der Waals surface area contributed by atoms with Gasteiger partial charge in [0.2, 0.25) is 0 Å². The summed E-state index contributed by atoms with van der Waals surface area (Å²) in [6.07, 6.45) is 2.99. The fourth-order valence-corrected chi connectivity index (χ4v) is 3.86. The van der Waals surface area contributed by atoms with Crippen LogP contribution in [-0.4, -0.2) is 31.0 Å². The molecule has 5 heteroatoms. The molecule has 1 fully saturated rings. The summed E-state index contributed by atoms with van der Waals surface area (Å²) in [5, 5.41) is 0.756. The maximum atomic E-state index is 13.1. The van der Waals surface area contributed by atoms with E-state index in [9.17, 15) is 9.59 Å². The monoisotopic (exact) mass is 377 g/mol. The van der Waals surface area contributed by atoms with Crippen molar-refractivity contribution in [2.24, 2.45) is 0 Å². The molecule has 2 aromatic carbocycles. The van der Waals surface area contributed by atoms with E-state index in [1.807, 2.05) is 24.3 Å². The summed E-state index contributed by atoms with van der Waals surface area (Å²) in [5.41, 5.74) is 1.21. The third-order valence-electron chi connectivity index (χ3n) is 5.42. The van der Waals surface area contributed by atoms with Crippen LogP contribution < -0.4 is 10.4 Å². The minimum Gasteiger partial charge on any atom is -0.497 e. The Morgan fingerprint density at radius 3 is 2.68 bits per heavy atom. The number of amides is 1. The molecule has 5 nitrogen and oxygen atoms in total. The van der Waals surface area contributed by atoms with E-state index in [1.54, 1.807) is 30.2 Å². The molecule has 4 rings (SSSR count). The van der Waals surface area contributed by atoms with Crippen molar-refractivity contribution in [3.63, 3.8) is 0 Å². The van der Waals surface area contributed by atoms with Crippen molar-refractivity contribution in [3.05, 3.63) is 76.1 Å². The van der Waals surface area contributed by atoms with Crippen LogP contribution in [0.4, 0.5) is 0 Å². The smallest absolute Gasteiger partial charge is 0.349 e. The molecule has 28 heavy (non-hydrogen) atoms. The fourth-order valence-electron chi connectivity index (χ4n) is 3.86. The molecule has 0 N–H and O–H groups in total. The second-order valence-corrected chi connectivity index (χ2v) is 7.20. The summed E-state index contributed by atoms with van der Waals surface area (Å²) in [4.78, 5) is 27.3. The highest BCUT2D eigenvalue weighted by atomic mass is 16.5. The zero-order chi connectivity index (χ0) is 19.5. The Morgan fingerprint density at radius 1 is 1.11 bits per heavy atom. The van der Waals surface area contributed by atoms with Crippen molar-refractivity contribution < 1.29 is 13.9 Å². The van der Waals surface area contributed by atoms with Crippen LogP contribution in [0.2, 0.25) is 0 Å². The van der Waals surface area contributed by atoms with Crippen LogP contribution in [0.5, 0.6) is 5.75 Å². The van der Waals surface area contributed by atoms with Gasteiger partial charge in [-0.2, -0.15) is 0 Å². The number of nitrogens with zero attached hydrogens (tertiary/aromatic N) is 1. The van der Waals surface area contributed by atoms with Crippen molar-refractivity contribution >= 4 is 16.9 Å². The summed E-state index contributed by atoms with van der Waals surface area (Å²) in [6, 6.07) is 16.9. The van der Waals surface area contributed by atoms with E-state index in [2.05, 4.69) is 12.1 Å². The highest BCUT2D eigenvalue weighted by Crippen LogP contribution is 2.28. The molecule has 3 aromatic rings. The van der Waals surface area contributed by atoms with Gasteiger partial charge in [-0.25, -0.2) is 4.79 Å². The fraction of sp³-hybridized carbons (Fsp3) is 0.304. The van der Waals surface area contributed by atoms with Gasteiger partial charge in [-0.3, -0.25) is 4.79 Å². The van der Waals surface area contributed by atoms with E-state index < -0.39 is 5.63 Å². The van der Waals surface area contributed by atoms with Crippen LogP contribution in [0.1, 0.15) is 41.1 Å². The quantitative estimate of drug-likeness (QED) is 0.642. The first-order valence-electron chi connectivity index (χ1n) is 9.62. The second-order valence-electron chi connectivity index (χ2n) is 7.20. The Balaban J connectivity index is 1.61. The molecule has 1 aliphatic rings. The minimum absolute atomic E-state index is 0.106. The lowest BCUT2D eigenvalue weighted by molar-refractivity contribution is 0.0750. The molecule has 2 heterocycles. The molecule has 1 amide bonds. The summed E-state index contributed by atoms with van der Waals surface area (Å²) < 4.78 is 10.6. The third-order valence-corrected chi connectivity index (χ3v) is 5.42. The zero-order valence-corrected chi connectivity index (χ0v) is 15.9. The second kappa shape index (κ2) is 7.89. The highest BCUT2D eigenvalue weighted by molar-refractivity contribution is 5.96. The van der Waals surface area contributed by atoms with Crippen molar-refractivity contribution in [3.8, 4) is 5.75 Å². The summed E-state index contributed by atoms with van der Waals surface area (Å²) in [5.74, 6) is 0.809. The number of carbonyl (C=O) groups is 1. The van der Waals surface area contributed by atoms with E-state index in [0.717, 1.165) is 30.4 Å². The predicted molar refractivity (Wildman–Crippen MR) is 108 cm³/mol. The Kier molecular flexibility index (Phi) is 5.15. The van der Waals surface area contributed by atoms with Gasteiger partial charge in [0, 0.05) is 24.4 Å². The Bertz CT molecular complexity index is 1040. The summed E-state index contributed by atoms with van der Waals surface area (Å²) in [6.45, 7) is 1.25. The minimum atomic E-state index is -0.575. The van der Waals surface area contributed by atoms with Gasteiger partial charge in [-0.1, -0.05) is 36.8 Å². The summed E-state index contributed by atoms with van der Waals surface area (Å²) in [7, 11) is 1.65. The average molecular weight is 377 g/mol. The molecule has 144 valence electrons. The van der Waals surface area contributed by atoms with Crippen LogP contribution >= 0.6 is 0 Å². The largest absolute Gasteiger partial charge is 0.497 e. The van der Waals surface area contributed by atoms with Gasteiger partial charge in [0.1, 0.15) is 16.9 Å². The van der Waals surface area contributed by atoms with Gasteiger partial charge < -0.3 is 14.1 Å². The number of carbonyl (C=O) groups excluding carboxylic acids is 1. The first-order chi connectivity index (χ1) is 13.7. The standard InChI is InChI=1S/C23H23NO4/c1-27-19-11-9-16(10-12-19)18-7-4-5-13-24(15-18)22(25)20-14-17-6-2-3-8-21(17)28-23(20)26/h2-3,6,8-12,14,18H,4-5,7,13,15H2,1H3. The van der Waals surface area contributed by atoms with Crippen LogP contribution in [0, 0.1) is 0 Å². The predicted octanol–water partition coefficient (Wildman–Crippen LogP) is 4.21. The van der Waals surface area contributed by atoms with Gasteiger partial charge in [-0.15, -0.1) is 0 Å². The first kappa shape index (κ1) is 18.3. The lowest BCUT2D eigenvalue weighted by Gasteiger charge is -2.24. The Labute approximate surface area is 163 Å². The van der Waals surface area contributed by atoms with E-state index in [-0.39, 0.29) is 17.4 Å². The maximum Gasteiger partial charge on any atom is 0.349 e. The van der Waals surface area contributed by atoms with Gasteiger partial charge in [0.05, 0.1) is 7.11 Å². The number of hydrogen-bond donors (Lipinski definition) is 0. The molecular formula is C23H23NO4. The van der Waals surface area contributed by atoms with Crippen LogP contribution in [0.15, 0.2) is 63.8 Å². The number of methoxy groups -OCH3 is 1.